The van der Waals surface area contributed by atoms with Crippen molar-refractivity contribution >= 4 is 11.4 Å². The molecule has 2 aliphatic heterocycles. The van der Waals surface area contributed by atoms with Gasteiger partial charge in [0, 0.05) is 38.2 Å². The van der Waals surface area contributed by atoms with Crippen molar-refractivity contribution in [2.45, 2.75) is 12.0 Å². The van der Waals surface area contributed by atoms with Gasteiger partial charge in [-0.25, -0.2) is 0 Å². The number of ether oxygens (including phenoxy) is 3. The second-order valence-corrected chi connectivity index (χ2v) is 5.49. The van der Waals surface area contributed by atoms with Gasteiger partial charge in [0.25, 0.3) is 0 Å². The molecular formula is C14H17FN2O5. The molecule has 0 saturated carbocycles. The third kappa shape index (κ3) is 2.59. The van der Waals surface area contributed by atoms with E-state index in [2.05, 4.69) is 0 Å². The standard InChI is InChI=1S/C14H17FN2O5/c1-20-10-6-11(15)13(17(18)19)12(7-10)16-3-5-22-14(8-16)2-4-21-9-14/h6-7H,2-5,8-9H2,1H3. The smallest absolute Gasteiger partial charge is 0.328 e. The van der Waals surface area contributed by atoms with E-state index in [0.717, 1.165) is 12.5 Å². The molecule has 3 rings (SSSR count). The van der Waals surface area contributed by atoms with Gasteiger partial charge in [-0.3, -0.25) is 10.1 Å². The molecule has 0 aliphatic carbocycles. The highest BCUT2D eigenvalue weighted by Crippen LogP contribution is 2.38. The Labute approximate surface area is 126 Å². The largest absolute Gasteiger partial charge is 0.497 e. The van der Waals surface area contributed by atoms with E-state index in [1.807, 2.05) is 0 Å². The fraction of sp³-hybridized carbons (Fsp3) is 0.571. The normalized spacial score (nSPS) is 24.7. The van der Waals surface area contributed by atoms with Crippen LogP contribution in [-0.4, -0.2) is 50.5 Å². The summed E-state index contributed by atoms with van der Waals surface area (Å²) in [5, 5.41) is 11.2. The van der Waals surface area contributed by atoms with Gasteiger partial charge in [-0.15, -0.1) is 0 Å². The molecule has 1 spiro atoms. The third-order valence-electron chi connectivity index (χ3n) is 4.09. The highest BCUT2D eigenvalue weighted by atomic mass is 19.1. The predicted molar refractivity (Wildman–Crippen MR) is 75.9 cm³/mol. The zero-order valence-corrected chi connectivity index (χ0v) is 12.2. The fourth-order valence-electron chi connectivity index (χ4n) is 2.98. The van der Waals surface area contributed by atoms with Crippen molar-refractivity contribution in [2.75, 3.05) is 44.9 Å². The maximum atomic E-state index is 14.1. The summed E-state index contributed by atoms with van der Waals surface area (Å²) < 4.78 is 30.3. The molecule has 120 valence electrons. The van der Waals surface area contributed by atoms with Crippen LogP contribution in [0.25, 0.3) is 0 Å². The topological polar surface area (TPSA) is 74.1 Å². The first kappa shape index (κ1) is 15.0. The average molecular weight is 312 g/mol. The minimum atomic E-state index is -0.900. The van der Waals surface area contributed by atoms with Gasteiger partial charge in [0.05, 0.1) is 25.2 Å². The van der Waals surface area contributed by atoms with E-state index in [0.29, 0.717) is 32.9 Å². The number of anilines is 1. The summed E-state index contributed by atoms with van der Waals surface area (Å²) >= 11 is 0. The van der Waals surface area contributed by atoms with E-state index in [-0.39, 0.29) is 11.4 Å². The van der Waals surface area contributed by atoms with Crippen LogP contribution in [0.4, 0.5) is 15.8 Å². The monoisotopic (exact) mass is 312 g/mol. The van der Waals surface area contributed by atoms with Crippen LogP contribution in [0.15, 0.2) is 12.1 Å². The number of hydrogen-bond acceptors (Lipinski definition) is 6. The van der Waals surface area contributed by atoms with E-state index in [4.69, 9.17) is 14.2 Å². The Morgan fingerprint density at radius 1 is 1.45 bits per heavy atom. The lowest BCUT2D eigenvalue weighted by atomic mass is 10.00. The molecule has 0 amide bonds. The molecule has 1 aromatic rings. The van der Waals surface area contributed by atoms with Gasteiger partial charge in [0.1, 0.15) is 17.0 Å². The number of morpholine rings is 1. The van der Waals surface area contributed by atoms with Gasteiger partial charge >= 0.3 is 5.69 Å². The Morgan fingerprint density at radius 2 is 2.27 bits per heavy atom. The summed E-state index contributed by atoms with van der Waals surface area (Å²) in [7, 11) is 1.40. The zero-order chi connectivity index (χ0) is 15.7. The molecular weight excluding hydrogens is 295 g/mol. The van der Waals surface area contributed by atoms with Crippen LogP contribution in [0.2, 0.25) is 0 Å². The summed E-state index contributed by atoms with van der Waals surface area (Å²) in [6.07, 6.45) is 0.726. The Bertz CT molecular complexity index is 589. The van der Waals surface area contributed by atoms with Crippen molar-refractivity contribution in [2.24, 2.45) is 0 Å². The SMILES string of the molecule is COc1cc(F)c([N+](=O)[O-])c(N2CCOC3(CCOC3)C2)c1. The number of nitro benzene ring substituents is 1. The summed E-state index contributed by atoms with van der Waals surface area (Å²) in [6, 6.07) is 2.52. The lowest BCUT2D eigenvalue weighted by Gasteiger charge is -2.40. The molecule has 1 aromatic carbocycles. The van der Waals surface area contributed by atoms with E-state index >= 15 is 0 Å². The second-order valence-electron chi connectivity index (χ2n) is 5.49. The number of methoxy groups -OCH3 is 1. The highest BCUT2D eigenvalue weighted by molar-refractivity contribution is 5.67. The molecule has 0 radical (unpaired) electrons. The first-order chi connectivity index (χ1) is 10.5. The van der Waals surface area contributed by atoms with E-state index in [1.165, 1.54) is 13.2 Å². The molecule has 7 nitrogen and oxygen atoms in total. The van der Waals surface area contributed by atoms with Gasteiger partial charge in [-0.05, 0) is 0 Å². The van der Waals surface area contributed by atoms with Crippen molar-refractivity contribution in [1.29, 1.82) is 0 Å². The van der Waals surface area contributed by atoms with Crippen LogP contribution >= 0.6 is 0 Å². The van der Waals surface area contributed by atoms with Crippen molar-refractivity contribution in [3.05, 3.63) is 28.1 Å². The van der Waals surface area contributed by atoms with Crippen LogP contribution in [0.3, 0.4) is 0 Å². The maximum Gasteiger partial charge on any atom is 0.328 e. The number of halogens is 1. The van der Waals surface area contributed by atoms with Crippen molar-refractivity contribution in [3.63, 3.8) is 0 Å². The van der Waals surface area contributed by atoms with Gasteiger partial charge in [-0.2, -0.15) is 4.39 Å². The van der Waals surface area contributed by atoms with Crippen LogP contribution in [0.5, 0.6) is 5.75 Å². The molecule has 22 heavy (non-hydrogen) atoms. The molecule has 1 unspecified atom stereocenters. The predicted octanol–water partition coefficient (Wildman–Crippen LogP) is 1.74. The first-order valence-electron chi connectivity index (χ1n) is 7.03. The highest BCUT2D eigenvalue weighted by Gasteiger charge is 2.42. The minimum absolute atomic E-state index is 0.219. The molecule has 2 fully saturated rings. The molecule has 0 bridgehead atoms. The quantitative estimate of drug-likeness (QED) is 0.625. The van der Waals surface area contributed by atoms with Crippen molar-refractivity contribution in [3.8, 4) is 5.75 Å². The number of nitrogens with zero attached hydrogens (tertiary/aromatic N) is 2. The second kappa shape index (κ2) is 5.69. The molecule has 2 aliphatic rings. The van der Waals surface area contributed by atoms with E-state index < -0.39 is 22.0 Å². The molecule has 0 N–H and O–H groups in total. The van der Waals surface area contributed by atoms with E-state index in [9.17, 15) is 14.5 Å². The van der Waals surface area contributed by atoms with Gasteiger partial charge in [0.15, 0.2) is 0 Å². The van der Waals surface area contributed by atoms with Gasteiger partial charge in [0.2, 0.25) is 5.82 Å². The fourth-order valence-corrected chi connectivity index (χ4v) is 2.98. The van der Waals surface area contributed by atoms with Crippen molar-refractivity contribution < 1.29 is 23.5 Å². The third-order valence-corrected chi connectivity index (χ3v) is 4.09. The number of benzene rings is 1. The lowest BCUT2D eigenvalue weighted by molar-refractivity contribution is -0.386. The van der Waals surface area contributed by atoms with Crippen LogP contribution in [-0.2, 0) is 9.47 Å². The first-order valence-corrected chi connectivity index (χ1v) is 7.03. The molecule has 0 aromatic heterocycles. The average Bonchev–Trinajstić information content (AvgIpc) is 2.93. The Balaban J connectivity index is 1.99. The molecule has 2 saturated heterocycles. The number of rotatable bonds is 3. The summed E-state index contributed by atoms with van der Waals surface area (Å²) in [4.78, 5) is 12.3. The van der Waals surface area contributed by atoms with Crippen LogP contribution in [0, 0.1) is 15.9 Å². The number of hydrogen-bond donors (Lipinski definition) is 0. The summed E-state index contributed by atoms with van der Waals surface area (Å²) in [5.41, 5.74) is -0.778. The Hall–Kier alpha value is -1.93. The molecule has 1 atom stereocenters. The Morgan fingerprint density at radius 3 is 2.91 bits per heavy atom. The lowest BCUT2D eigenvalue weighted by Crippen LogP contribution is -2.52. The minimum Gasteiger partial charge on any atom is -0.497 e. The van der Waals surface area contributed by atoms with Crippen LogP contribution < -0.4 is 9.64 Å². The number of nitro groups is 1. The zero-order valence-electron chi connectivity index (χ0n) is 12.2. The Kier molecular flexibility index (Phi) is 3.88. The van der Waals surface area contributed by atoms with E-state index in [1.54, 1.807) is 4.90 Å². The summed E-state index contributed by atoms with van der Waals surface area (Å²) in [6.45, 7) is 2.35. The van der Waals surface area contributed by atoms with Gasteiger partial charge < -0.3 is 19.1 Å². The molecule has 2 heterocycles. The maximum absolute atomic E-state index is 14.1. The molecule has 8 heteroatoms. The van der Waals surface area contributed by atoms with Crippen molar-refractivity contribution in [1.82, 2.24) is 0 Å². The van der Waals surface area contributed by atoms with Gasteiger partial charge in [-0.1, -0.05) is 0 Å². The van der Waals surface area contributed by atoms with Crippen LogP contribution in [0.1, 0.15) is 6.42 Å². The summed E-state index contributed by atoms with van der Waals surface area (Å²) in [5.74, 6) is -0.649.